The molecule has 3 rings (SSSR count). The Kier molecular flexibility index (Phi) is 5.08. The number of hydrogen-bond donors (Lipinski definition) is 1. The maximum Gasteiger partial charge on any atom is 0.255 e. The Bertz CT molecular complexity index is 617. The molecule has 2 atom stereocenters. The van der Waals surface area contributed by atoms with Crippen LogP contribution < -0.4 is 5.73 Å². The predicted octanol–water partition coefficient (Wildman–Crippen LogP) is 1.35. The summed E-state index contributed by atoms with van der Waals surface area (Å²) in [6, 6.07) is 1.21. The SMILES string of the molecule is NC(=O)[C@@H]1CCO[C@@H]1CC1CCN(C(=O)c2cncc(F)c2)CC1. The van der Waals surface area contributed by atoms with Crippen LogP contribution in [-0.4, -0.2) is 47.5 Å². The number of aromatic nitrogens is 1. The van der Waals surface area contributed by atoms with Gasteiger partial charge in [0.2, 0.25) is 5.91 Å². The Balaban J connectivity index is 1.52. The van der Waals surface area contributed by atoms with Gasteiger partial charge in [0.15, 0.2) is 0 Å². The fraction of sp³-hybridized carbons (Fsp3) is 0.588. The average Bonchev–Trinajstić information content (AvgIpc) is 3.03. The number of likely N-dealkylation sites (tertiary alicyclic amines) is 1. The topological polar surface area (TPSA) is 85.5 Å². The monoisotopic (exact) mass is 335 g/mol. The molecule has 1 aromatic rings. The van der Waals surface area contributed by atoms with Gasteiger partial charge in [-0.2, -0.15) is 0 Å². The molecule has 0 aliphatic carbocycles. The number of nitrogens with two attached hydrogens (primary N) is 1. The molecule has 1 aromatic heterocycles. The van der Waals surface area contributed by atoms with Crippen molar-refractivity contribution in [3.63, 3.8) is 0 Å². The molecule has 2 N–H and O–H groups in total. The highest BCUT2D eigenvalue weighted by Gasteiger charge is 2.35. The normalized spacial score (nSPS) is 25.0. The summed E-state index contributed by atoms with van der Waals surface area (Å²) in [5, 5.41) is 0. The zero-order valence-corrected chi connectivity index (χ0v) is 13.5. The Labute approximate surface area is 140 Å². The van der Waals surface area contributed by atoms with Crippen molar-refractivity contribution >= 4 is 11.8 Å². The lowest BCUT2D eigenvalue weighted by Gasteiger charge is -2.33. The summed E-state index contributed by atoms with van der Waals surface area (Å²) in [6.45, 7) is 1.82. The molecule has 0 unspecified atom stereocenters. The van der Waals surface area contributed by atoms with Crippen molar-refractivity contribution in [3.8, 4) is 0 Å². The quantitative estimate of drug-likeness (QED) is 0.900. The molecule has 7 heteroatoms. The zero-order chi connectivity index (χ0) is 17.1. The van der Waals surface area contributed by atoms with Gasteiger partial charge in [0.1, 0.15) is 5.82 Å². The lowest BCUT2D eigenvalue weighted by atomic mass is 9.86. The summed E-state index contributed by atoms with van der Waals surface area (Å²) in [4.78, 5) is 29.3. The van der Waals surface area contributed by atoms with E-state index < -0.39 is 5.82 Å². The van der Waals surface area contributed by atoms with Gasteiger partial charge in [-0.15, -0.1) is 0 Å². The van der Waals surface area contributed by atoms with E-state index in [0.717, 1.165) is 25.5 Å². The zero-order valence-electron chi connectivity index (χ0n) is 13.5. The van der Waals surface area contributed by atoms with Crippen LogP contribution in [0.2, 0.25) is 0 Å². The van der Waals surface area contributed by atoms with Crippen LogP contribution in [0.1, 0.15) is 36.0 Å². The number of amides is 2. The summed E-state index contributed by atoms with van der Waals surface area (Å²) in [6.07, 6.45) is 5.57. The van der Waals surface area contributed by atoms with E-state index >= 15 is 0 Å². The maximum atomic E-state index is 13.2. The molecule has 130 valence electrons. The average molecular weight is 335 g/mol. The number of ether oxygens (including phenoxy) is 1. The molecule has 6 nitrogen and oxygen atoms in total. The molecule has 0 saturated carbocycles. The minimum absolute atomic E-state index is 0.0952. The number of hydrogen-bond acceptors (Lipinski definition) is 4. The third-order valence-corrected chi connectivity index (χ3v) is 4.99. The van der Waals surface area contributed by atoms with Gasteiger partial charge in [0, 0.05) is 25.9 Å². The van der Waals surface area contributed by atoms with Crippen LogP contribution in [0.25, 0.3) is 0 Å². The van der Waals surface area contributed by atoms with Gasteiger partial charge in [-0.25, -0.2) is 4.39 Å². The van der Waals surface area contributed by atoms with Gasteiger partial charge < -0.3 is 15.4 Å². The summed E-state index contributed by atoms with van der Waals surface area (Å²) < 4.78 is 18.9. The smallest absolute Gasteiger partial charge is 0.255 e. The summed E-state index contributed by atoms with van der Waals surface area (Å²) in [5.74, 6) is -0.768. The van der Waals surface area contributed by atoms with E-state index in [1.807, 2.05) is 0 Å². The summed E-state index contributed by atoms with van der Waals surface area (Å²) >= 11 is 0. The maximum absolute atomic E-state index is 13.2. The molecule has 2 fully saturated rings. The predicted molar refractivity (Wildman–Crippen MR) is 84.5 cm³/mol. The molecule has 0 radical (unpaired) electrons. The van der Waals surface area contributed by atoms with Crippen LogP contribution >= 0.6 is 0 Å². The number of piperidine rings is 1. The standard InChI is InChI=1S/C17H22FN3O3/c18-13-8-12(9-20-10-13)17(23)21-4-1-11(2-5-21)7-15-14(16(19)22)3-6-24-15/h8-11,14-15H,1-7H2,(H2,19,22)/t14-,15-/m1/s1. The molecule has 24 heavy (non-hydrogen) atoms. The highest BCUT2D eigenvalue weighted by Crippen LogP contribution is 2.31. The molecular weight excluding hydrogens is 313 g/mol. The highest BCUT2D eigenvalue weighted by atomic mass is 19.1. The van der Waals surface area contributed by atoms with Crippen LogP contribution in [0.3, 0.4) is 0 Å². The Morgan fingerprint density at radius 1 is 1.29 bits per heavy atom. The van der Waals surface area contributed by atoms with Crippen molar-refractivity contribution in [2.24, 2.45) is 17.6 Å². The van der Waals surface area contributed by atoms with Crippen LogP contribution in [0.4, 0.5) is 4.39 Å². The first-order valence-electron chi connectivity index (χ1n) is 8.35. The molecule has 2 amide bonds. The second-order valence-corrected chi connectivity index (χ2v) is 6.57. The van der Waals surface area contributed by atoms with Crippen molar-refractivity contribution < 1.29 is 18.7 Å². The molecular formula is C17H22FN3O3. The van der Waals surface area contributed by atoms with E-state index in [9.17, 15) is 14.0 Å². The number of carbonyl (C=O) groups excluding carboxylic acids is 2. The third kappa shape index (κ3) is 3.72. The minimum Gasteiger partial charge on any atom is -0.377 e. The second kappa shape index (κ2) is 7.25. The van der Waals surface area contributed by atoms with Crippen molar-refractivity contribution in [1.29, 1.82) is 0 Å². The Hall–Kier alpha value is -2.02. The number of halogens is 1. The fourth-order valence-corrected chi connectivity index (χ4v) is 3.62. The van der Waals surface area contributed by atoms with Crippen molar-refractivity contribution in [2.75, 3.05) is 19.7 Å². The van der Waals surface area contributed by atoms with E-state index in [1.54, 1.807) is 4.90 Å². The number of carbonyl (C=O) groups is 2. The van der Waals surface area contributed by atoms with Crippen LogP contribution in [-0.2, 0) is 9.53 Å². The highest BCUT2D eigenvalue weighted by molar-refractivity contribution is 5.93. The number of primary amides is 1. The Morgan fingerprint density at radius 2 is 2.04 bits per heavy atom. The second-order valence-electron chi connectivity index (χ2n) is 6.57. The minimum atomic E-state index is -0.508. The van der Waals surface area contributed by atoms with Crippen LogP contribution in [0, 0.1) is 17.7 Å². The lowest BCUT2D eigenvalue weighted by Crippen LogP contribution is -2.40. The number of pyridine rings is 1. The van der Waals surface area contributed by atoms with E-state index in [1.165, 1.54) is 12.3 Å². The fourth-order valence-electron chi connectivity index (χ4n) is 3.62. The van der Waals surface area contributed by atoms with E-state index in [2.05, 4.69) is 4.98 Å². The summed E-state index contributed by atoms with van der Waals surface area (Å²) in [7, 11) is 0. The van der Waals surface area contributed by atoms with E-state index in [-0.39, 0.29) is 29.4 Å². The molecule has 3 heterocycles. The summed E-state index contributed by atoms with van der Waals surface area (Å²) in [5.41, 5.74) is 5.70. The molecule has 2 aliphatic rings. The van der Waals surface area contributed by atoms with Gasteiger partial charge >= 0.3 is 0 Å². The van der Waals surface area contributed by atoms with Crippen LogP contribution in [0.15, 0.2) is 18.5 Å². The molecule has 0 bridgehead atoms. The lowest BCUT2D eigenvalue weighted by molar-refractivity contribution is -0.123. The first-order chi connectivity index (χ1) is 11.5. The van der Waals surface area contributed by atoms with Gasteiger partial charge in [0.05, 0.1) is 23.8 Å². The van der Waals surface area contributed by atoms with Crippen LogP contribution in [0.5, 0.6) is 0 Å². The van der Waals surface area contributed by atoms with Gasteiger partial charge in [-0.05, 0) is 37.7 Å². The molecule has 0 spiro atoms. The first-order valence-corrected chi connectivity index (χ1v) is 8.35. The molecule has 0 aromatic carbocycles. The van der Waals surface area contributed by atoms with Gasteiger partial charge in [0.25, 0.3) is 5.91 Å². The van der Waals surface area contributed by atoms with Gasteiger partial charge in [-0.3, -0.25) is 14.6 Å². The van der Waals surface area contributed by atoms with E-state index in [0.29, 0.717) is 32.0 Å². The van der Waals surface area contributed by atoms with Crippen molar-refractivity contribution in [1.82, 2.24) is 9.88 Å². The number of rotatable bonds is 4. The molecule has 2 aliphatic heterocycles. The van der Waals surface area contributed by atoms with Crippen molar-refractivity contribution in [2.45, 2.75) is 31.8 Å². The van der Waals surface area contributed by atoms with Crippen molar-refractivity contribution in [3.05, 3.63) is 29.8 Å². The molecule has 2 saturated heterocycles. The number of nitrogens with zero attached hydrogens (tertiary/aromatic N) is 2. The van der Waals surface area contributed by atoms with Gasteiger partial charge in [-0.1, -0.05) is 0 Å². The largest absolute Gasteiger partial charge is 0.377 e. The van der Waals surface area contributed by atoms with E-state index in [4.69, 9.17) is 10.5 Å². The Morgan fingerprint density at radius 3 is 2.71 bits per heavy atom. The first kappa shape index (κ1) is 16.8. The third-order valence-electron chi connectivity index (χ3n) is 4.99.